The van der Waals surface area contributed by atoms with E-state index in [1.807, 2.05) is 30.3 Å². The van der Waals surface area contributed by atoms with Crippen molar-refractivity contribution < 1.29 is 18.3 Å². The maximum atomic E-state index is 12.9. The molecule has 3 rings (SSSR count). The Morgan fingerprint density at radius 3 is 2.46 bits per heavy atom. The average molecular weight is 345 g/mol. The number of sulfonamides is 1. The lowest BCUT2D eigenvalue weighted by Crippen LogP contribution is -2.41. The summed E-state index contributed by atoms with van der Waals surface area (Å²) in [5.74, 6) is -1.12. The van der Waals surface area contributed by atoms with Gasteiger partial charge in [-0.1, -0.05) is 54.6 Å². The Labute approximate surface area is 141 Å². The van der Waals surface area contributed by atoms with E-state index in [1.165, 1.54) is 4.31 Å². The summed E-state index contributed by atoms with van der Waals surface area (Å²) in [7, 11) is -3.60. The third-order valence-electron chi connectivity index (χ3n) is 4.28. The summed E-state index contributed by atoms with van der Waals surface area (Å²) < 4.78 is 27.1. The predicted molar refractivity (Wildman–Crippen MR) is 90.9 cm³/mol. The molecule has 0 saturated carbocycles. The number of rotatable bonds is 5. The van der Waals surface area contributed by atoms with E-state index in [2.05, 4.69) is 0 Å². The van der Waals surface area contributed by atoms with Crippen molar-refractivity contribution in [1.82, 2.24) is 4.31 Å². The summed E-state index contributed by atoms with van der Waals surface area (Å²) in [6.07, 6.45) is 0.366. The molecule has 6 heteroatoms. The van der Waals surface area contributed by atoms with Crippen LogP contribution in [0.5, 0.6) is 0 Å². The minimum absolute atomic E-state index is 0.119. The number of carboxylic acids is 1. The van der Waals surface area contributed by atoms with Gasteiger partial charge in [-0.15, -0.1) is 0 Å². The van der Waals surface area contributed by atoms with Crippen molar-refractivity contribution in [2.75, 3.05) is 6.54 Å². The van der Waals surface area contributed by atoms with Crippen LogP contribution in [0.3, 0.4) is 0 Å². The second-order valence-corrected chi connectivity index (χ2v) is 7.84. The lowest BCUT2D eigenvalue weighted by molar-refractivity contribution is -0.138. The first-order valence-corrected chi connectivity index (χ1v) is 9.41. The molecular weight excluding hydrogens is 326 g/mol. The van der Waals surface area contributed by atoms with E-state index in [-0.39, 0.29) is 12.2 Å². The van der Waals surface area contributed by atoms with Crippen molar-refractivity contribution in [2.24, 2.45) is 0 Å². The Balaban J connectivity index is 1.95. The van der Waals surface area contributed by atoms with E-state index < -0.39 is 22.0 Å². The van der Waals surface area contributed by atoms with E-state index in [0.29, 0.717) is 18.5 Å². The molecule has 1 atom stereocenters. The van der Waals surface area contributed by atoms with Crippen molar-refractivity contribution in [3.05, 3.63) is 71.3 Å². The Hall–Kier alpha value is -2.18. The molecule has 0 spiro atoms. The van der Waals surface area contributed by atoms with Gasteiger partial charge in [-0.05, 0) is 23.1 Å². The quantitative estimate of drug-likeness (QED) is 0.904. The monoisotopic (exact) mass is 345 g/mol. The van der Waals surface area contributed by atoms with Gasteiger partial charge in [-0.3, -0.25) is 4.79 Å². The van der Waals surface area contributed by atoms with E-state index >= 15 is 0 Å². The molecule has 1 N–H and O–H groups in total. The number of hydrogen-bond acceptors (Lipinski definition) is 3. The lowest BCUT2D eigenvalue weighted by Gasteiger charge is -2.35. The zero-order valence-electron chi connectivity index (χ0n) is 13.1. The van der Waals surface area contributed by atoms with Gasteiger partial charge < -0.3 is 5.11 Å². The highest BCUT2D eigenvalue weighted by Gasteiger charge is 2.36. The minimum Gasteiger partial charge on any atom is -0.481 e. The van der Waals surface area contributed by atoms with Crippen LogP contribution in [0.4, 0.5) is 0 Å². The van der Waals surface area contributed by atoms with Crippen molar-refractivity contribution in [3.63, 3.8) is 0 Å². The van der Waals surface area contributed by atoms with Crippen LogP contribution in [0, 0.1) is 0 Å². The van der Waals surface area contributed by atoms with Crippen molar-refractivity contribution in [3.8, 4) is 0 Å². The Kier molecular flexibility index (Phi) is 4.69. The van der Waals surface area contributed by atoms with Gasteiger partial charge in [0.1, 0.15) is 0 Å². The first-order valence-electron chi connectivity index (χ1n) is 7.80. The van der Waals surface area contributed by atoms with Crippen LogP contribution < -0.4 is 0 Å². The zero-order valence-corrected chi connectivity index (χ0v) is 13.9. The lowest BCUT2D eigenvalue weighted by atomic mass is 9.92. The molecule has 0 radical (unpaired) electrons. The van der Waals surface area contributed by atoms with Gasteiger partial charge >= 0.3 is 5.97 Å². The molecule has 1 aliphatic heterocycles. The summed E-state index contributed by atoms with van der Waals surface area (Å²) in [4.78, 5) is 11.3. The molecule has 2 aromatic rings. The van der Waals surface area contributed by atoms with E-state index in [9.17, 15) is 18.3 Å². The molecule has 0 bridgehead atoms. The summed E-state index contributed by atoms with van der Waals surface area (Å²) >= 11 is 0. The van der Waals surface area contributed by atoms with Gasteiger partial charge in [0, 0.05) is 6.54 Å². The highest BCUT2D eigenvalue weighted by Crippen LogP contribution is 2.35. The first-order chi connectivity index (χ1) is 11.5. The Bertz CT molecular complexity index is 833. The molecule has 5 nitrogen and oxygen atoms in total. The van der Waals surface area contributed by atoms with Crippen LogP contribution >= 0.6 is 0 Å². The zero-order chi connectivity index (χ0) is 17.2. The maximum Gasteiger partial charge on any atom is 0.305 e. The predicted octanol–water partition coefficient (Wildman–Crippen LogP) is 2.59. The standard InChI is InChI=1S/C18H19NO4S/c20-18(21)12-17-16-9-5-4-8-15(16)10-11-19(17)24(22,23)13-14-6-2-1-3-7-14/h1-9,17H,10-13H2,(H,20,21). The fourth-order valence-electron chi connectivity index (χ4n) is 3.21. The van der Waals surface area contributed by atoms with Gasteiger partial charge in [-0.25, -0.2) is 8.42 Å². The highest BCUT2D eigenvalue weighted by molar-refractivity contribution is 7.88. The SMILES string of the molecule is O=C(O)CC1c2ccccc2CCN1S(=O)(=O)Cc1ccccc1. The average Bonchev–Trinajstić information content (AvgIpc) is 2.55. The molecule has 0 aromatic heterocycles. The van der Waals surface area contributed by atoms with Crippen LogP contribution in [0.15, 0.2) is 54.6 Å². The molecule has 0 amide bonds. The van der Waals surface area contributed by atoms with E-state index in [1.54, 1.807) is 24.3 Å². The molecule has 1 aliphatic rings. The molecule has 1 unspecified atom stereocenters. The van der Waals surface area contributed by atoms with Crippen molar-refractivity contribution >= 4 is 16.0 Å². The summed E-state index contributed by atoms with van der Waals surface area (Å²) in [6.45, 7) is 0.310. The summed E-state index contributed by atoms with van der Waals surface area (Å²) in [6, 6.07) is 15.8. The summed E-state index contributed by atoms with van der Waals surface area (Å²) in [5, 5.41) is 9.24. The van der Waals surface area contributed by atoms with Crippen molar-refractivity contribution in [2.45, 2.75) is 24.6 Å². The smallest absolute Gasteiger partial charge is 0.305 e. The van der Waals surface area contributed by atoms with E-state index in [0.717, 1.165) is 11.1 Å². The third-order valence-corrected chi connectivity index (χ3v) is 6.13. The topological polar surface area (TPSA) is 74.7 Å². The largest absolute Gasteiger partial charge is 0.481 e. The minimum atomic E-state index is -3.60. The number of hydrogen-bond donors (Lipinski definition) is 1. The normalized spacial score (nSPS) is 18.1. The van der Waals surface area contributed by atoms with Crippen LogP contribution in [-0.4, -0.2) is 30.3 Å². The number of nitrogens with zero attached hydrogens (tertiary/aromatic N) is 1. The van der Waals surface area contributed by atoms with Crippen LogP contribution in [0.2, 0.25) is 0 Å². The van der Waals surface area contributed by atoms with Gasteiger partial charge in [0.15, 0.2) is 0 Å². The van der Waals surface area contributed by atoms with Gasteiger partial charge in [0.25, 0.3) is 0 Å². The van der Waals surface area contributed by atoms with Crippen molar-refractivity contribution in [1.29, 1.82) is 0 Å². The van der Waals surface area contributed by atoms with Crippen LogP contribution in [-0.2, 0) is 27.0 Å². The second kappa shape index (κ2) is 6.75. The number of aliphatic carboxylic acids is 1. The third kappa shape index (κ3) is 3.49. The Morgan fingerprint density at radius 2 is 1.75 bits per heavy atom. The summed E-state index contributed by atoms with van der Waals surface area (Å²) in [5.41, 5.74) is 2.52. The second-order valence-electron chi connectivity index (χ2n) is 5.92. The molecule has 0 fully saturated rings. The molecule has 126 valence electrons. The number of carbonyl (C=O) groups is 1. The van der Waals surface area contributed by atoms with Crippen LogP contribution in [0.25, 0.3) is 0 Å². The fourth-order valence-corrected chi connectivity index (χ4v) is 4.93. The number of benzene rings is 2. The van der Waals surface area contributed by atoms with Gasteiger partial charge in [0.05, 0.1) is 18.2 Å². The number of fused-ring (bicyclic) bond motifs is 1. The molecular formula is C18H19NO4S. The molecule has 0 saturated heterocycles. The van der Waals surface area contributed by atoms with Gasteiger partial charge in [0.2, 0.25) is 10.0 Å². The molecule has 2 aromatic carbocycles. The van der Waals surface area contributed by atoms with E-state index in [4.69, 9.17) is 0 Å². The Morgan fingerprint density at radius 1 is 1.08 bits per heavy atom. The first kappa shape index (κ1) is 16.7. The molecule has 1 heterocycles. The fraction of sp³-hybridized carbons (Fsp3) is 0.278. The molecule has 24 heavy (non-hydrogen) atoms. The highest BCUT2D eigenvalue weighted by atomic mass is 32.2. The number of carboxylic acid groups (broad SMARTS) is 1. The molecule has 0 aliphatic carbocycles. The van der Waals surface area contributed by atoms with Gasteiger partial charge in [-0.2, -0.15) is 4.31 Å². The van der Waals surface area contributed by atoms with Crippen LogP contribution in [0.1, 0.15) is 29.2 Å². The maximum absolute atomic E-state index is 12.9.